The number of hydrogen-bond acceptors (Lipinski definition) is 0. The van der Waals surface area contributed by atoms with Crippen molar-refractivity contribution in [1.29, 1.82) is 0 Å². The van der Waals surface area contributed by atoms with Crippen LogP contribution in [-0.4, -0.2) is 0 Å². The van der Waals surface area contributed by atoms with Gasteiger partial charge in [-0.25, -0.2) is 13.2 Å². The Morgan fingerprint density at radius 1 is 0.722 bits per heavy atom. The molecule has 0 saturated carbocycles. The predicted molar refractivity (Wildman–Crippen MR) is 153 cm³/mol. The Bertz CT molecular complexity index is 1020. The SMILES string of the molecule is C=CC(C)CCC(C)C(C)C/C=C(\C)C(=C)/C(F)=C\C(=C)C(=C)/C=C\C(=C)C(=C)/C(F)=C(/F)C(=C)C. The Balaban J connectivity index is 5.15. The molecular formula is C33H43F3. The topological polar surface area (TPSA) is 0 Å². The van der Waals surface area contributed by atoms with E-state index in [1.807, 2.05) is 19.1 Å². The maximum absolute atomic E-state index is 14.8. The third-order valence-electron chi connectivity index (χ3n) is 6.43. The van der Waals surface area contributed by atoms with Crippen molar-refractivity contribution in [2.45, 2.75) is 53.9 Å². The normalized spacial score (nSPS) is 15.6. The van der Waals surface area contributed by atoms with Crippen LogP contribution in [0, 0.1) is 17.8 Å². The van der Waals surface area contributed by atoms with Crippen molar-refractivity contribution in [2.75, 3.05) is 0 Å². The Labute approximate surface area is 217 Å². The summed E-state index contributed by atoms with van der Waals surface area (Å²) in [6.07, 6.45) is 11.2. The Kier molecular flexibility index (Phi) is 14.5. The zero-order valence-corrected chi connectivity index (χ0v) is 22.8. The average molecular weight is 497 g/mol. The fourth-order valence-corrected chi connectivity index (χ4v) is 3.04. The standard InChI is InChI=1S/C33H43F3/c1-13-22(4)14-15-23(5)24(6)16-18-26(8)29(11)31(34)20-28(10)25(7)17-19-27(9)30(12)33(36)32(35)21(2)3/h13,17-20,22-24H,1-2,7,9-12,14-16H2,3-6,8H3/b19-17-,26-18+,31-20+,33-32-. The third kappa shape index (κ3) is 11.1. The molecule has 3 unspecified atom stereocenters. The first-order valence-electron chi connectivity index (χ1n) is 12.2. The predicted octanol–water partition coefficient (Wildman–Crippen LogP) is 11.1. The minimum absolute atomic E-state index is 0.0458. The maximum Gasteiger partial charge on any atom is 0.166 e. The minimum Gasteiger partial charge on any atom is -0.206 e. The molecule has 0 bridgehead atoms. The molecule has 0 aromatic rings. The van der Waals surface area contributed by atoms with Gasteiger partial charge in [-0.1, -0.05) is 84.5 Å². The van der Waals surface area contributed by atoms with Gasteiger partial charge in [-0.2, -0.15) is 0 Å². The number of halogens is 3. The largest absolute Gasteiger partial charge is 0.206 e. The summed E-state index contributed by atoms with van der Waals surface area (Å²) in [5.41, 5.74) is 1.65. The first-order chi connectivity index (χ1) is 16.6. The van der Waals surface area contributed by atoms with Gasteiger partial charge in [-0.15, -0.1) is 6.58 Å². The second kappa shape index (κ2) is 15.8. The van der Waals surface area contributed by atoms with Crippen molar-refractivity contribution in [3.8, 4) is 0 Å². The van der Waals surface area contributed by atoms with Gasteiger partial charge in [0.05, 0.1) is 0 Å². The second-order valence-corrected chi connectivity index (χ2v) is 9.63. The van der Waals surface area contributed by atoms with Crippen molar-refractivity contribution in [3.63, 3.8) is 0 Å². The smallest absolute Gasteiger partial charge is 0.166 e. The molecule has 0 amide bonds. The highest BCUT2D eigenvalue weighted by atomic mass is 19.2. The molecule has 0 aliphatic rings. The molecular weight excluding hydrogens is 453 g/mol. The molecule has 0 fully saturated rings. The molecule has 0 rings (SSSR count). The van der Waals surface area contributed by atoms with E-state index in [9.17, 15) is 13.2 Å². The van der Waals surface area contributed by atoms with Gasteiger partial charge in [0.25, 0.3) is 0 Å². The Morgan fingerprint density at radius 2 is 1.28 bits per heavy atom. The van der Waals surface area contributed by atoms with E-state index >= 15 is 0 Å². The summed E-state index contributed by atoms with van der Waals surface area (Å²) >= 11 is 0. The number of allylic oxidation sites excluding steroid dienone is 15. The molecule has 196 valence electrons. The molecule has 0 aromatic carbocycles. The summed E-state index contributed by atoms with van der Waals surface area (Å²) in [5.74, 6) is -1.19. The summed E-state index contributed by atoms with van der Waals surface area (Å²) in [7, 11) is 0. The summed E-state index contributed by atoms with van der Waals surface area (Å²) in [5, 5.41) is 0. The maximum atomic E-state index is 14.8. The summed E-state index contributed by atoms with van der Waals surface area (Å²) in [4.78, 5) is 0. The van der Waals surface area contributed by atoms with Crippen LogP contribution in [0.5, 0.6) is 0 Å². The highest BCUT2D eigenvalue weighted by molar-refractivity contribution is 5.53. The van der Waals surface area contributed by atoms with Crippen molar-refractivity contribution >= 4 is 0 Å². The monoisotopic (exact) mass is 496 g/mol. The summed E-state index contributed by atoms with van der Waals surface area (Å²) in [6.45, 7) is 35.8. The van der Waals surface area contributed by atoms with Gasteiger partial charge in [0, 0.05) is 11.1 Å². The molecule has 3 heteroatoms. The lowest BCUT2D eigenvalue weighted by atomic mass is 9.86. The fourth-order valence-electron chi connectivity index (χ4n) is 3.04. The molecule has 0 N–H and O–H groups in total. The number of rotatable bonds is 16. The van der Waals surface area contributed by atoms with Crippen LogP contribution in [0.4, 0.5) is 13.2 Å². The zero-order chi connectivity index (χ0) is 28.2. The van der Waals surface area contributed by atoms with Crippen LogP contribution in [0.15, 0.2) is 133 Å². The van der Waals surface area contributed by atoms with Crippen LogP contribution >= 0.6 is 0 Å². The van der Waals surface area contributed by atoms with Gasteiger partial charge in [-0.05, 0) is 84.8 Å². The van der Waals surface area contributed by atoms with E-state index in [2.05, 4.69) is 66.8 Å². The van der Waals surface area contributed by atoms with E-state index in [0.29, 0.717) is 28.9 Å². The highest BCUT2D eigenvalue weighted by Crippen LogP contribution is 2.28. The van der Waals surface area contributed by atoms with Crippen molar-refractivity contribution in [3.05, 3.63) is 133 Å². The number of hydrogen-bond donors (Lipinski definition) is 0. The van der Waals surface area contributed by atoms with Gasteiger partial charge in [0.2, 0.25) is 0 Å². The van der Waals surface area contributed by atoms with Gasteiger partial charge in [0.15, 0.2) is 11.7 Å². The van der Waals surface area contributed by atoms with Crippen LogP contribution < -0.4 is 0 Å². The molecule has 0 nitrogen and oxygen atoms in total. The van der Waals surface area contributed by atoms with Crippen LogP contribution in [-0.2, 0) is 0 Å². The molecule has 0 spiro atoms. The minimum atomic E-state index is -1.12. The quantitative estimate of drug-likeness (QED) is 0.147. The zero-order valence-electron chi connectivity index (χ0n) is 22.8. The lowest BCUT2D eigenvalue weighted by Crippen LogP contribution is -2.08. The fraction of sp³-hybridized carbons (Fsp3) is 0.333. The van der Waals surface area contributed by atoms with E-state index < -0.39 is 17.5 Å². The third-order valence-corrected chi connectivity index (χ3v) is 6.43. The second-order valence-electron chi connectivity index (χ2n) is 9.63. The van der Waals surface area contributed by atoms with Crippen LogP contribution in [0.3, 0.4) is 0 Å². The van der Waals surface area contributed by atoms with Crippen molar-refractivity contribution in [2.24, 2.45) is 17.8 Å². The molecule has 0 saturated heterocycles. The summed E-state index contributed by atoms with van der Waals surface area (Å²) in [6, 6.07) is 0. The molecule has 3 atom stereocenters. The van der Waals surface area contributed by atoms with Gasteiger partial charge in [-0.3, -0.25) is 0 Å². The van der Waals surface area contributed by atoms with E-state index in [1.54, 1.807) is 0 Å². The van der Waals surface area contributed by atoms with Crippen LogP contribution in [0.1, 0.15) is 53.9 Å². The van der Waals surface area contributed by atoms with Gasteiger partial charge >= 0.3 is 0 Å². The Hall–Kier alpha value is -3.07. The van der Waals surface area contributed by atoms with E-state index in [4.69, 9.17) is 0 Å². The molecule has 0 aliphatic carbocycles. The first kappa shape index (κ1) is 32.9. The molecule has 0 aliphatic heterocycles. The lowest BCUT2D eigenvalue weighted by molar-refractivity contribution is 0.345. The van der Waals surface area contributed by atoms with Gasteiger partial charge in [0.1, 0.15) is 5.83 Å². The first-order valence-corrected chi connectivity index (χ1v) is 12.2. The van der Waals surface area contributed by atoms with E-state index in [1.165, 1.54) is 25.2 Å². The molecule has 0 radical (unpaired) electrons. The molecule has 0 heterocycles. The van der Waals surface area contributed by atoms with Crippen molar-refractivity contribution < 1.29 is 13.2 Å². The molecule has 0 aromatic heterocycles. The van der Waals surface area contributed by atoms with E-state index in [-0.39, 0.29) is 22.3 Å². The highest BCUT2D eigenvalue weighted by Gasteiger charge is 2.14. The van der Waals surface area contributed by atoms with Crippen molar-refractivity contribution in [1.82, 2.24) is 0 Å². The average Bonchev–Trinajstić information content (AvgIpc) is 2.85. The van der Waals surface area contributed by atoms with E-state index in [0.717, 1.165) is 24.8 Å². The van der Waals surface area contributed by atoms with Gasteiger partial charge < -0.3 is 0 Å². The summed E-state index contributed by atoms with van der Waals surface area (Å²) < 4.78 is 42.7. The Morgan fingerprint density at radius 3 is 1.81 bits per heavy atom. The van der Waals surface area contributed by atoms with Crippen LogP contribution in [0.25, 0.3) is 0 Å². The molecule has 36 heavy (non-hydrogen) atoms. The lowest BCUT2D eigenvalue weighted by Gasteiger charge is -2.20. The van der Waals surface area contributed by atoms with Crippen LogP contribution in [0.2, 0.25) is 0 Å².